The number of nitrogens with zero attached hydrogens (tertiary/aromatic N) is 5. The molecule has 0 unspecified atom stereocenters. The molecule has 0 amide bonds. The van der Waals surface area contributed by atoms with Crippen LogP contribution in [0, 0.1) is 5.82 Å². The van der Waals surface area contributed by atoms with Gasteiger partial charge in [0.1, 0.15) is 11.3 Å². The van der Waals surface area contributed by atoms with Crippen LogP contribution in [0.2, 0.25) is 5.02 Å². The third kappa shape index (κ3) is 3.74. The number of aromatic nitrogens is 6. The van der Waals surface area contributed by atoms with Crippen molar-refractivity contribution < 1.29 is 14.3 Å². The first-order valence-corrected chi connectivity index (χ1v) is 8.44. The number of nitrogens with one attached hydrogen (secondary N) is 1. The molecule has 1 aromatic carbocycles. The summed E-state index contributed by atoms with van der Waals surface area (Å²) in [6.45, 7) is 1.80. The predicted octanol–water partition coefficient (Wildman–Crippen LogP) is 2.52. The number of benzene rings is 1. The number of carbonyl (C=O) groups is 1. The number of hydrogen-bond donors (Lipinski definition) is 2. The number of carboxylic acid groups (broad SMARTS) is 1. The van der Waals surface area contributed by atoms with Crippen molar-refractivity contribution in [1.29, 1.82) is 0 Å². The average molecular weight is 437 g/mol. The molecule has 29 heavy (non-hydrogen) atoms. The Morgan fingerprint density at radius 2 is 2.10 bits per heavy atom. The highest BCUT2D eigenvalue weighted by Gasteiger charge is 2.17. The van der Waals surface area contributed by atoms with Crippen LogP contribution in [0.15, 0.2) is 41.6 Å². The molecule has 0 saturated carbocycles. The molecule has 3 aromatic heterocycles. The van der Waals surface area contributed by atoms with Gasteiger partial charge in [-0.15, -0.1) is 0 Å². The number of rotatable bonds is 4. The van der Waals surface area contributed by atoms with E-state index >= 15 is 0 Å². The second-order valence-corrected chi connectivity index (χ2v) is 6.46. The van der Waals surface area contributed by atoms with Gasteiger partial charge in [-0.25, -0.2) is 18.9 Å². The van der Waals surface area contributed by atoms with Gasteiger partial charge in [0.05, 0.1) is 24.0 Å². The first-order chi connectivity index (χ1) is 13.3. The summed E-state index contributed by atoms with van der Waals surface area (Å²) in [5.41, 5.74) is 0.461. The summed E-state index contributed by atoms with van der Waals surface area (Å²) in [7, 11) is 0. The van der Waals surface area contributed by atoms with E-state index < -0.39 is 17.3 Å². The maximum atomic E-state index is 13.3. The van der Waals surface area contributed by atoms with E-state index in [1.54, 1.807) is 19.2 Å². The van der Waals surface area contributed by atoms with Crippen LogP contribution in [-0.4, -0.2) is 40.6 Å². The maximum absolute atomic E-state index is 13.3. The molecule has 1 atom stereocenters. The minimum Gasteiger partial charge on any atom is -0.478 e. The van der Waals surface area contributed by atoms with Crippen LogP contribution in [0.4, 0.5) is 4.39 Å². The van der Waals surface area contributed by atoms with Crippen LogP contribution in [0.5, 0.6) is 0 Å². The van der Waals surface area contributed by atoms with Crippen LogP contribution in [0.1, 0.15) is 28.9 Å². The molecule has 0 aliphatic rings. The highest BCUT2D eigenvalue weighted by molar-refractivity contribution is 7.59. The van der Waals surface area contributed by atoms with Crippen molar-refractivity contribution in [2.75, 3.05) is 0 Å². The summed E-state index contributed by atoms with van der Waals surface area (Å²) >= 11 is 6.11. The lowest BCUT2D eigenvalue weighted by Gasteiger charge is -2.13. The van der Waals surface area contributed by atoms with Crippen molar-refractivity contribution in [3.05, 3.63) is 69.1 Å². The SMILES string of the molecule is C[C@@H](c1ccc(F)cc1Cl)n1cc2nc(-n3cc(C(=O)O)cn3)[nH]c(=O)c2n1.S. The fraction of sp³-hybridized carbons (Fsp3) is 0.118. The number of hydrogen-bond acceptors (Lipinski definition) is 5. The van der Waals surface area contributed by atoms with E-state index in [2.05, 4.69) is 20.2 Å². The van der Waals surface area contributed by atoms with E-state index in [9.17, 15) is 14.0 Å². The van der Waals surface area contributed by atoms with Gasteiger partial charge < -0.3 is 5.11 Å². The van der Waals surface area contributed by atoms with E-state index in [1.807, 2.05) is 0 Å². The lowest BCUT2D eigenvalue weighted by Crippen LogP contribution is -2.14. The van der Waals surface area contributed by atoms with Crippen LogP contribution in [-0.2, 0) is 0 Å². The summed E-state index contributed by atoms with van der Waals surface area (Å²) in [6.07, 6.45) is 3.94. The molecule has 0 aliphatic heterocycles. The highest BCUT2D eigenvalue weighted by Crippen LogP contribution is 2.27. The fourth-order valence-electron chi connectivity index (χ4n) is 2.77. The Morgan fingerprint density at radius 3 is 2.76 bits per heavy atom. The van der Waals surface area contributed by atoms with Crippen molar-refractivity contribution in [3.8, 4) is 5.95 Å². The molecule has 4 rings (SSSR count). The third-order valence-electron chi connectivity index (χ3n) is 4.24. The molecule has 9 nitrogen and oxygen atoms in total. The van der Waals surface area contributed by atoms with Crippen molar-refractivity contribution in [1.82, 2.24) is 29.5 Å². The van der Waals surface area contributed by atoms with Crippen LogP contribution in [0.3, 0.4) is 0 Å². The summed E-state index contributed by atoms with van der Waals surface area (Å²) < 4.78 is 15.9. The standard InChI is InChI=1S/C17H12ClFN6O3.H2S/c1-8(11-3-2-10(19)4-12(11)18)24-7-13-14(23-24)15(26)22-17(21-13)25-6-9(5-20-25)16(27)28;/h2-8H,1H3,(H,27,28)(H,21,22,26);1H2/t8-;/m0./s1. The lowest BCUT2D eigenvalue weighted by molar-refractivity contribution is 0.0697. The summed E-state index contributed by atoms with van der Waals surface area (Å²) in [5, 5.41) is 17.4. The van der Waals surface area contributed by atoms with Gasteiger partial charge in [0.25, 0.3) is 5.56 Å². The molecular weight excluding hydrogens is 423 g/mol. The number of carboxylic acids is 1. The van der Waals surface area contributed by atoms with Gasteiger partial charge in [-0.1, -0.05) is 17.7 Å². The van der Waals surface area contributed by atoms with Gasteiger partial charge in [0.2, 0.25) is 5.95 Å². The van der Waals surface area contributed by atoms with E-state index in [0.29, 0.717) is 5.56 Å². The van der Waals surface area contributed by atoms with Crippen molar-refractivity contribution in [2.24, 2.45) is 0 Å². The predicted molar refractivity (Wildman–Crippen MR) is 108 cm³/mol. The average Bonchev–Trinajstić information content (AvgIpc) is 3.28. The van der Waals surface area contributed by atoms with E-state index in [0.717, 1.165) is 10.9 Å². The van der Waals surface area contributed by atoms with Gasteiger partial charge in [0.15, 0.2) is 5.52 Å². The zero-order valence-electron chi connectivity index (χ0n) is 14.8. The van der Waals surface area contributed by atoms with Crippen molar-refractivity contribution >= 4 is 42.1 Å². The Labute approximate surface area is 174 Å². The van der Waals surface area contributed by atoms with Crippen LogP contribution in [0.25, 0.3) is 17.0 Å². The number of H-pyrrole nitrogens is 1. The normalized spacial score (nSPS) is 12.0. The molecule has 0 bridgehead atoms. The molecule has 0 saturated heterocycles. The first kappa shape index (κ1) is 20.6. The molecule has 0 aliphatic carbocycles. The topological polar surface area (TPSA) is 119 Å². The molecular formula is C17H14ClFN6O3S. The molecule has 0 spiro atoms. The Bertz CT molecular complexity index is 1280. The van der Waals surface area contributed by atoms with Crippen LogP contribution >= 0.6 is 25.1 Å². The van der Waals surface area contributed by atoms with E-state index in [-0.39, 0.29) is 47.1 Å². The van der Waals surface area contributed by atoms with Crippen LogP contribution < -0.4 is 5.56 Å². The summed E-state index contributed by atoms with van der Waals surface area (Å²) in [4.78, 5) is 30.2. The molecule has 0 radical (unpaired) electrons. The smallest absolute Gasteiger partial charge is 0.338 e. The Hall–Kier alpha value is -3.18. The monoisotopic (exact) mass is 436 g/mol. The zero-order chi connectivity index (χ0) is 20.0. The number of aromatic carboxylic acids is 1. The third-order valence-corrected chi connectivity index (χ3v) is 4.56. The van der Waals surface area contributed by atoms with E-state index in [4.69, 9.17) is 16.7 Å². The second-order valence-electron chi connectivity index (χ2n) is 6.05. The first-order valence-electron chi connectivity index (χ1n) is 8.06. The minimum absolute atomic E-state index is 0. The lowest BCUT2D eigenvalue weighted by atomic mass is 10.1. The minimum atomic E-state index is -1.15. The number of fused-ring (bicyclic) bond motifs is 1. The van der Waals surface area contributed by atoms with E-state index in [1.165, 1.54) is 23.0 Å². The Morgan fingerprint density at radius 1 is 1.34 bits per heavy atom. The molecule has 150 valence electrons. The number of halogens is 2. The Kier molecular flexibility index (Phi) is 5.44. The van der Waals surface area contributed by atoms with Gasteiger partial charge in [-0.05, 0) is 24.6 Å². The fourth-order valence-corrected chi connectivity index (χ4v) is 3.09. The molecule has 3 heterocycles. The zero-order valence-corrected chi connectivity index (χ0v) is 16.6. The van der Waals surface area contributed by atoms with Gasteiger partial charge >= 0.3 is 5.97 Å². The summed E-state index contributed by atoms with van der Waals surface area (Å²) in [5.74, 6) is -1.54. The van der Waals surface area contributed by atoms with Gasteiger partial charge in [-0.3, -0.25) is 14.5 Å². The quantitative estimate of drug-likeness (QED) is 0.507. The maximum Gasteiger partial charge on any atom is 0.338 e. The second kappa shape index (κ2) is 7.68. The summed E-state index contributed by atoms with van der Waals surface area (Å²) in [6, 6.07) is 3.67. The van der Waals surface area contributed by atoms with Gasteiger partial charge in [-0.2, -0.15) is 23.7 Å². The molecule has 4 aromatic rings. The number of aromatic amines is 1. The largest absolute Gasteiger partial charge is 0.478 e. The highest BCUT2D eigenvalue weighted by atomic mass is 35.5. The van der Waals surface area contributed by atoms with Crippen molar-refractivity contribution in [3.63, 3.8) is 0 Å². The molecule has 2 N–H and O–H groups in total. The Balaban J connectivity index is 0.00000240. The van der Waals surface area contributed by atoms with Crippen molar-refractivity contribution in [2.45, 2.75) is 13.0 Å². The van der Waals surface area contributed by atoms with Gasteiger partial charge in [0, 0.05) is 11.2 Å². The molecule has 12 heteroatoms. The molecule has 0 fully saturated rings.